The molecule has 28 heavy (non-hydrogen) atoms. The van der Waals surface area contributed by atoms with Gasteiger partial charge in [-0.15, -0.1) is 10.2 Å². The summed E-state index contributed by atoms with van der Waals surface area (Å²) < 4.78 is 21.0. The summed E-state index contributed by atoms with van der Waals surface area (Å²) in [6.45, 7) is 2.70. The second kappa shape index (κ2) is 7.75. The van der Waals surface area contributed by atoms with Crippen LogP contribution in [-0.4, -0.2) is 25.7 Å². The molecule has 0 saturated heterocycles. The van der Waals surface area contributed by atoms with Crippen molar-refractivity contribution in [1.82, 2.24) is 25.4 Å². The maximum atomic E-state index is 13.6. The van der Waals surface area contributed by atoms with Gasteiger partial charge in [-0.1, -0.05) is 17.4 Å². The van der Waals surface area contributed by atoms with Crippen LogP contribution in [0, 0.1) is 17.1 Å². The Morgan fingerprint density at radius 2 is 2.21 bits per heavy atom. The average Bonchev–Trinajstić information content (AvgIpc) is 3.45. The van der Waals surface area contributed by atoms with Crippen molar-refractivity contribution in [1.29, 1.82) is 5.26 Å². The average molecular weight is 398 g/mol. The van der Waals surface area contributed by atoms with Crippen molar-refractivity contribution in [3.05, 3.63) is 59.7 Å². The molecule has 3 aromatic rings. The second-order valence-electron chi connectivity index (χ2n) is 5.80. The van der Waals surface area contributed by atoms with Crippen LogP contribution in [0.4, 0.5) is 4.39 Å². The van der Waals surface area contributed by atoms with Gasteiger partial charge in [-0.25, -0.2) is 4.39 Å². The van der Waals surface area contributed by atoms with Crippen LogP contribution in [0.15, 0.2) is 52.4 Å². The zero-order chi connectivity index (χ0) is 19.5. The molecule has 1 aliphatic rings. The number of nitrogens with one attached hydrogen (secondary N) is 1. The van der Waals surface area contributed by atoms with E-state index in [4.69, 9.17) is 14.5 Å². The van der Waals surface area contributed by atoms with Crippen molar-refractivity contribution in [2.75, 3.05) is 5.88 Å². The van der Waals surface area contributed by atoms with Gasteiger partial charge in [0, 0.05) is 12.1 Å². The number of thioether (sulfide) groups is 1. The number of benzene rings is 1. The highest BCUT2D eigenvalue weighted by Gasteiger charge is 2.19. The number of nitrogens with zero attached hydrogens (tertiary/aromatic N) is 5. The van der Waals surface area contributed by atoms with Gasteiger partial charge >= 0.3 is 0 Å². The minimum atomic E-state index is -0.493. The molecular weight excluding hydrogens is 383 g/mol. The number of rotatable bonds is 6. The van der Waals surface area contributed by atoms with Crippen LogP contribution in [0.3, 0.4) is 0 Å². The van der Waals surface area contributed by atoms with Gasteiger partial charge in [0.1, 0.15) is 5.82 Å². The first-order chi connectivity index (χ1) is 13.7. The van der Waals surface area contributed by atoms with E-state index in [1.165, 1.54) is 23.9 Å². The minimum Gasteiger partial charge on any atom is -0.461 e. The van der Waals surface area contributed by atoms with Gasteiger partial charge in [0.2, 0.25) is 0 Å². The molecule has 2 aromatic heterocycles. The zero-order valence-electron chi connectivity index (χ0n) is 14.8. The highest BCUT2D eigenvalue weighted by Crippen LogP contribution is 2.27. The van der Waals surface area contributed by atoms with Crippen LogP contribution >= 0.6 is 11.8 Å². The molecule has 142 valence electrons. The zero-order valence-corrected chi connectivity index (χ0v) is 15.6. The van der Waals surface area contributed by atoms with Crippen molar-refractivity contribution in [2.45, 2.75) is 18.6 Å². The lowest BCUT2D eigenvalue weighted by atomic mass is 10.1. The maximum Gasteiger partial charge on any atom is 0.200 e. The first-order valence-corrected chi connectivity index (χ1v) is 9.38. The van der Waals surface area contributed by atoms with Crippen molar-refractivity contribution in [3.8, 4) is 17.7 Å². The first-order valence-electron chi connectivity index (χ1n) is 8.40. The lowest BCUT2D eigenvalue weighted by molar-refractivity contribution is 0.0607. The van der Waals surface area contributed by atoms with E-state index in [9.17, 15) is 4.39 Å². The summed E-state index contributed by atoms with van der Waals surface area (Å²) in [5.74, 6) is 1.73. The summed E-state index contributed by atoms with van der Waals surface area (Å²) in [7, 11) is 0. The first kappa shape index (κ1) is 18.1. The number of hydrogen-bond acceptors (Lipinski definition) is 8. The molecule has 4 rings (SSSR count). The molecule has 1 N–H and O–H groups in total. The van der Waals surface area contributed by atoms with E-state index in [0.29, 0.717) is 35.3 Å². The third-order valence-corrected chi connectivity index (χ3v) is 4.93. The van der Waals surface area contributed by atoms with Crippen LogP contribution < -0.4 is 5.59 Å². The maximum absolute atomic E-state index is 13.6. The predicted octanol–water partition coefficient (Wildman–Crippen LogP) is 3.37. The van der Waals surface area contributed by atoms with Crippen molar-refractivity contribution in [2.24, 2.45) is 0 Å². The fourth-order valence-electron chi connectivity index (χ4n) is 2.69. The van der Waals surface area contributed by atoms with Gasteiger partial charge in [0.25, 0.3) is 0 Å². The number of hydrogen-bond donors (Lipinski definition) is 1. The van der Waals surface area contributed by atoms with Gasteiger partial charge in [-0.05, 0) is 37.3 Å². The van der Waals surface area contributed by atoms with Crippen molar-refractivity contribution < 1.29 is 13.6 Å². The van der Waals surface area contributed by atoms with Crippen LogP contribution in [0.25, 0.3) is 17.3 Å². The molecular formula is C18H15FN6O2S. The molecule has 0 unspecified atom stereocenters. The van der Waals surface area contributed by atoms with Crippen LogP contribution in [0.2, 0.25) is 0 Å². The lowest BCUT2D eigenvalue weighted by Gasteiger charge is -2.13. The fourth-order valence-corrected chi connectivity index (χ4v) is 3.54. The summed E-state index contributed by atoms with van der Waals surface area (Å²) in [5, 5.41) is 19.8. The molecule has 8 nitrogen and oxygen atoms in total. The topological polar surface area (TPSA) is 92.1 Å². The van der Waals surface area contributed by atoms with E-state index in [2.05, 4.69) is 15.8 Å². The number of halogens is 1. The SMILES string of the molecule is CCn1c(SCN2C=C(c3cc(F)cc(C#N)c3)ON2)nnc1-c1ccco1. The highest BCUT2D eigenvalue weighted by molar-refractivity contribution is 7.99. The summed E-state index contributed by atoms with van der Waals surface area (Å²) in [6, 6.07) is 9.63. The van der Waals surface area contributed by atoms with Gasteiger partial charge in [0.15, 0.2) is 22.5 Å². The number of nitriles is 1. The van der Waals surface area contributed by atoms with Gasteiger partial charge in [0.05, 0.1) is 30.0 Å². The molecule has 3 heterocycles. The van der Waals surface area contributed by atoms with Crippen LogP contribution in [-0.2, 0) is 11.4 Å². The number of aromatic nitrogens is 3. The molecule has 0 amide bonds. The molecule has 0 fully saturated rings. The number of hydrazine groups is 1. The second-order valence-corrected chi connectivity index (χ2v) is 6.71. The Morgan fingerprint density at radius 1 is 1.32 bits per heavy atom. The van der Waals surface area contributed by atoms with Crippen molar-refractivity contribution in [3.63, 3.8) is 0 Å². The van der Waals surface area contributed by atoms with Gasteiger partial charge in [-0.2, -0.15) is 5.26 Å². The summed E-state index contributed by atoms with van der Waals surface area (Å²) >= 11 is 1.46. The van der Waals surface area contributed by atoms with Gasteiger partial charge in [-0.3, -0.25) is 9.58 Å². The minimum absolute atomic E-state index is 0.230. The summed E-state index contributed by atoms with van der Waals surface area (Å²) in [4.78, 5) is 5.41. The molecule has 1 aromatic carbocycles. The molecule has 0 radical (unpaired) electrons. The Hall–Kier alpha value is -3.29. The van der Waals surface area contributed by atoms with Crippen molar-refractivity contribution >= 4 is 17.5 Å². The van der Waals surface area contributed by atoms with E-state index in [1.54, 1.807) is 29.6 Å². The Balaban J connectivity index is 1.47. The van der Waals surface area contributed by atoms with E-state index >= 15 is 0 Å². The predicted molar refractivity (Wildman–Crippen MR) is 99.3 cm³/mol. The largest absolute Gasteiger partial charge is 0.461 e. The molecule has 1 aliphatic heterocycles. The Kier molecular flexibility index (Phi) is 5.01. The molecule has 10 heteroatoms. The van der Waals surface area contributed by atoms with E-state index in [0.717, 1.165) is 5.16 Å². The third kappa shape index (κ3) is 3.58. The quantitative estimate of drug-likeness (QED) is 0.632. The fraction of sp³-hybridized carbons (Fsp3) is 0.167. The van der Waals surface area contributed by atoms with Gasteiger partial charge < -0.3 is 9.25 Å². The summed E-state index contributed by atoms with van der Waals surface area (Å²) in [5.41, 5.74) is 3.45. The third-order valence-electron chi connectivity index (χ3n) is 3.96. The van der Waals surface area contributed by atoms with E-state index < -0.39 is 5.82 Å². The number of furan rings is 1. The van der Waals surface area contributed by atoms with Crippen LogP contribution in [0.1, 0.15) is 18.1 Å². The highest BCUT2D eigenvalue weighted by atomic mass is 32.2. The van der Waals surface area contributed by atoms with E-state index in [1.807, 2.05) is 23.6 Å². The molecule has 0 bridgehead atoms. The molecule has 0 atom stereocenters. The molecule has 0 spiro atoms. The standard InChI is InChI=1S/C18H15FN6O2S/c1-2-25-17(15-4-3-5-26-15)21-22-18(25)28-11-24-10-16(27-23-24)13-6-12(9-20)7-14(19)8-13/h3-8,10,23H,2,11H2,1H3. The van der Waals surface area contributed by atoms with Crippen LogP contribution in [0.5, 0.6) is 0 Å². The Bertz CT molecular complexity index is 1060. The Labute approximate surface area is 164 Å². The normalized spacial score (nSPS) is 13.3. The van der Waals surface area contributed by atoms with E-state index in [-0.39, 0.29) is 5.56 Å². The summed E-state index contributed by atoms with van der Waals surface area (Å²) in [6.07, 6.45) is 3.29. The molecule has 0 saturated carbocycles. The lowest BCUT2D eigenvalue weighted by Crippen LogP contribution is -2.27. The smallest absolute Gasteiger partial charge is 0.200 e. The Morgan fingerprint density at radius 3 is 2.96 bits per heavy atom. The monoisotopic (exact) mass is 398 g/mol. The molecule has 0 aliphatic carbocycles.